The first kappa shape index (κ1) is 23.2. The number of benzene rings is 2. The molecule has 0 amide bonds. The molecular formula is C23H27ClN4O2S2. The fraction of sp³-hybridized carbons (Fsp3) is 0.391. The molecular weight excluding hydrogens is 464 g/mol. The van der Waals surface area contributed by atoms with Crippen LogP contribution in [0.1, 0.15) is 31.7 Å². The van der Waals surface area contributed by atoms with Crippen LogP contribution in [0.15, 0.2) is 48.5 Å². The van der Waals surface area contributed by atoms with E-state index >= 15 is 0 Å². The molecule has 0 N–H and O–H groups in total. The van der Waals surface area contributed by atoms with Gasteiger partial charge in [0, 0.05) is 16.6 Å². The summed E-state index contributed by atoms with van der Waals surface area (Å²) in [6, 6.07) is 15.7. The molecule has 1 aliphatic heterocycles. The van der Waals surface area contributed by atoms with Crippen LogP contribution in [0, 0.1) is 4.77 Å². The van der Waals surface area contributed by atoms with Gasteiger partial charge in [-0.3, -0.25) is 9.47 Å². The van der Waals surface area contributed by atoms with Gasteiger partial charge < -0.3 is 0 Å². The molecule has 2 aromatic carbocycles. The van der Waals surface area contributed by atoms with Crippen LogP contribution < -0.4 is 0 Å². The Bertz CT molecular complexity index is 1280. The van der Waals surface area contributed by atoms with E-state index in [1.165, 1.54) is 5.56 Å². The minimum atomic E-state index is -2.97. The Hall–Kier alpha value is -2.00. The van der Waals surface area contributed by atoms with Gasteiger partial charge in [-0.1, -0.05) is 43.6 Å². The maximum atomic E-state index is 11.9. The average molecular weight is 491 g/mol. The standard InChI is InChI=1S/C23H27ClN4O2S2/c1-16(2)20-6-4-5-7-21(20)28-22(17-8-10-18(24)11-9-17)25-27(23(28)31)15-26(3)19-12-13-32(29,30)14-19/h4-11,16,19H,12-15H2,1-3H3/t19-/m0/s1. The van der Waals surface area contributed by atoms with E-state index in [1.807, 2.05) is 52.9 Å². The lowest BCUT2D eigenvalue weighted by Gasteiger charge is -2.22. The molecule has 1 aliphatic rings. The topological polar surface area (TPSA) is 60.1 Å². The van der Waals surface area contributed by atoms with Gasteiger partial charge in [0.1, 0.15) is 0 Å². The van der Waals surface area contributed by atoms with Crippen molar-refractivity contribution in [1.29, 1.82) is 0 Å². The number of nitrogens with zero attached hydrogens (tertiary/aromatic N) is 4. The summed E-state index contributed by atoms with van der Waals surface area (Å²) in [7, 11) is -1.04. The molecule has 6 nitrogen and oxygen atoms in total. The van der Waals surface area contributed by atoms with Crippen molar-refractivity contribution in [2.24, 2.45) is 0 Å². The number of aromatic nitrogens is 3. The maximum Gasteiger partial charge on any atom is 0.204 e. The Kier molecular flexibility index (Phi) is 6.58. The van der Waals surface area contributed by atoms with Gasteiger partial charge in [0.2, 0.25) is 4.77 Å². The third-order valence-corrected chi connectivity index (χ3v) is 8.33. The van der Waals surface area contributed by atoms with Gasteiger partial charge in [-0.05, 0) is 67.5 Å². The zero-order valence-electron chi connectivity index (χ0n) is 18.4. The smallest absolute Gasteiger partial charge is 0.204 e. The van der Waals surface area contributed by atoms with Gasteiger partial charge in [0.05, 0.1) is 23.9 Å². The summed E-state index contributed by atoms with van der Waals surface area (Å²) in [6.07, 6.45) is 0.632. The van der Waals surface area contributed by atoms with Crippen LogP contribution in [0.25, 0.3) is 17.1 Å². The molecule has 1 fully saturated rings. The van der Waals surface area contributed by atoms with Gasteiger partial charge >= 0.3 is 0 Å². The lowest BCUT2D eigenvalue weighted by Crippen LogP contribution is -2.34. The third-order valence-electron chi connectivity index (χ3n) is 5.93. The molecule has 1 saturated heterocycles. The Morgan fingerprint density at radius 3 is 2.50 bits per heavy atom. The Balaban J connectivity index is 1.81. The first-order valence-electron chi connectivity index (χ1n) is 10.6. The molecule has 0 bridgehead atoms. The Labute approximate surface area is 199 Å². The number of hydrogen-bond acceptors (Lipinski definition) is 5. The average Bonchev–Trinajstić information content (AvgIpc) is 3.28. The van der Waals surface area contributed by atoms with Crippen molar-refractivity contribution < 1.29 is 8.42 Å². The molecule has 0 unspecified atom stereocenters. The molecule has 0 saturated carbocycles. The van der Waals surface area contributed by atoms with Gasteiger partial charge in [0.15, 0.2) is 15.7 Å². The normalized spacial score (nSPS) is 18.0. The van der Waals surface area contributed by atoms with Crippen molar-refractivity contribution in [2.75, 3.05) is 18.6 Å². The highest BCUT2D eigenvalue weighted by Crippen LogP contribution is 2.29. The van der Waals surface area contributed by atoms with Crippen LogP contribution in [0.5, 0.6) is 0 Å². The van der Waals surface area contributed by atoms with E-state index < -0.39 is 9.84 Å². The minimum absolute atomic E-state index is 0.0333. The van der Waals surface area contributed by atoms with Crippen LogP contribution >= 0.6 is 23.8 Å². The van der Waals surface area contributed by atoms with E-state index in [0.29, 0.717) is 28.8 Å². The monoisotopic (exact) mass is 490 g/mol. The predicted octanol–water partition coefficient (Wildman–Crippen LogP) is 4.92. The number of hydrogen-bond donors (Lipinski definition) is 0. The van der Waals surface area contributed by atoms with Crippen LogP contribution in [-0.2, 0) is 16.5 Å². The Morgan fingerprint density at radius 1 is 1.19 bits per heavy atom. The van der Waals surface area contributed by atoms with E-state index in [2.05, 4.69) is 26.0 Å². The number of para-hydroxylation sites is 1. The lowest BCUT2D eigenvalue weighted by molar-refractivity contribution is 0.196. The SMILES string of the molecule is CC(C)c1ccccc1-n1c(-c2ccc(Cl)cc2)nn(CN(C)[C@H]2CCS(=O)(=O)C2)c1=S. The second-order valence-corrected chi connectivity index (χ2v) is 11.6. The molecule has 170 valence electrons. The van der Waals surface area contributed by atoms with Crippen LogP contribution in [0.2, 0.25) is 5.02 Å². The van der Waals surface area contributed by atoms with Crippen molar-refractivity contribution in [3.63, 3.8) is 0 Å². The summed E-state index contributed by atoms with van der Waals surface area (Å²) in [5.74, 6) is 1.45. The molecule has 1 aromatic heterocycles. The first-order chi connectivity index (χ1) is 15.2. The van der Waals surface area contributed by atoms with Crippen molar-refractivity contribution in [3.8, 4) is 17.1 Å². The Morgan fingerprint density at radius 2 is 1.88 bits per heavy atom. The highest BCUT2D eigenvalue weighted by Gasteiger charge is 2.31. The molecule has 0 aliphatic carbocycles. The second kappa shape index (κ2) is 9.09. The van der Waals surface area contributed by atoms with Gasteiger partial charge in [-0.15, -0.1) is 5.10 Å². The molecule has 0 radical (unpaired) electrons. The highest BCUT2D eigenvalue weighted by molar-refractivity contribution is 7.91. The van der Waals surface area contributed by atoms with Gasteiger partial charge in [-0.2, -0.15) is 0 Å². The lowest BCUT2D eigenvalue weighted by atomic mass is 10.0. The maximum absolute atomic E-state index is 11.9. The van der Waals surface area contributed by atoms with E-state index in [1.54, 1.807) is 4.68 Å². The fourth-order valence-electron chi connectivity index (χ4n) is 4.13. The van der Waals surface area contributed by atoms with Crippen molar-refractivity contribution in [3.05, 3.63) is 63.9 Å². The fourth-order valence-corrected chi connectivity index (χ4v) is 6.35. The summed E-state index contributed by atoms with van der Waals surface area (Å²) in [5.41, 5.74) is 3.08. The molecule has 4 rings (SSSR count). The molecule has 9 heteroatoms. The van der Waals surface area contributed by atoms with Crippen LogP contribution in [-0.4, -0.2) is 52.3 Å². The third kappa shape index (κ3) is 4.69. The van der Waals surface area contributed by atoms with Crippen LogP contribution in [0.3, 0.4) is 0 Å². The number of sulfone groups is 1. The van der Waals surface area contributed by atoms with Crippen molar-refractivity contribution >= 4 is 33.7 Å². The van der Waals surface area contributed by atoms with Gasteiger partial charge in [0.25, 0.3) is 0 Å². The van der Waals surface area contributed by atoms with Crippen LogP contribution in [0.4, 0.5) is 0 Å². The summed E-state index contributed by atoms with van der Waals surface area (Å²) in [5, 5.41) is 5.53. The summed E-state index contributed by atoms with van der Waals surface area (Å²) in [6.45, 7) is 4.72. The first-order valence-corrected chi connectivity index (χ1v) is 13.2. The van der Waals surface area contributed by atoms with Gasteiger partial charge in [-0.25, -0.2) is 13.1 Å². The van der Waals surface area contributed by atoms with E-state index in [-0.39, 0.29) is 17.5 Å². The zero-order valence-corrected chi connectivity index (χ0v) is 20.8. The summed E-state index contributed by atoms with van der Waals surface area (Å²) < 4.78 is 28.2. The summed E-state index contributed by atoms with van der Waals surface area (Å²) in [4.78, 5) is 2.03. The summed E-state index contributed by atoms with van der Waals surface area (Å²) >= 11 is 12.0. The minimum Gasteiger partial charge on any atom is -0.283 e. The molecule has 3 aromatic rings. The second-order valence-electron chi connectivity index (χ2n) is 8.62. The zero-order chi connectivity index (χ0) is 23.0. The highest BCUT2D eigenvalue weighted by atomic mass is 35.5. The van der Waals surface area contributed by atoms with E-state index in [9.17, 15) is 8.42 Å². The molecule has 32 heavy (non-hydrogen) atoms. The molecule has 2 heterocycles. The number of rotatable bonds is 6. The van der Waals surface area contributed by atoms with Crippen molar-refractivity contribution in [1.82, 2.24) is 19.2 Å². The van der Waals surface area contributed by atoms with Crippen molar-refractivity contribution in [2.45, 2.75) is 38.9 Å². The van der Waals surface area contributed by atoms with E-state index in [0.717, 1.165) is 17.1 Å². The molecule has 1 atom stereocenters. The predicted molar refractivity (Wildman–Crippen MR) is 132 cm³/mol. The van der Waals surface area contributed by atoms with E-state index in [4.69, 9.17) is 28.9 Å². The molecule has 0 spiro atoms. The largest absolute Gasteiger partial charge is 0.283 e. The number of halogens is 1. The quantitative estimate of drug-likeness (QED) is 0.459.